The van der Waals surface area contributed by atoms with E-state index in [1.54, 1.807) is 6.26 Å². The highest BCUT2D eigenvalue weighted by Crippen LogP contribution is 2.24. The third kappa shape index (κ3) is 2.38. The highest BCUT2D eigenvalue weighted by atomic mass is 32.2. The lowest BCUT2D eigenvalue weighted by atomic mass is 10.2. The molecular weight excluding hydrogens is 214 g/mol. The van der Waals surface area contributed by atoms with Crippen LogP contribution in [-0.4, -0.2) is 27.3 Å². The molecule has 0 fully saturated rings. The first-order chi connectivity index (χ1) is 6.97. The third-order valence-electron chi connectivity index (χ3n) is 1.84. The van der Waals surface area contributed by atoms with Gasteiger partial charge < -0.3 is 10.8 Å². The zero-order valence-electron chi connectivity index (χ0n) is 8.81. The van der Waals surface area contributed by atoms with Crippen LogP contribution in [0.3, 0.4) is 0 Å². The molecule has 1 aromatic rings. The highest BCUT2D eigenvalue weighted by Gasteiger charge is 2.18. The molecule has 5 nitrogen and oxygen atoms in total. The van der Waals surface area contributed by atoms with E-state index in [0.717, 1.165) is 0 Å². The van der Waals surface area contributed by atoms with Crippen molar-refractivity contribution in [3.05, 3.63) is 11.4 Å². The van der Waals surface area contributed by atoms with Gasteiger partial charge in [-0.15, -0.1) is 11.8 Å². The molecular formula is C9H13N3O2S. The minimum Gasteiger partial charge on any atom is -0.477 e. The van der Waals surface area contributed by atoms with E-state index < -0.39 is 5.97 Å². The van der Waals surface area contributed by atoms with Gasteiger partial charge in [-0.25, -0.2) is 14.8 Å². The minimum atomic E-state index is -1.09. The first-order valence-electron chi connectivity index (χ1n) is 4.42. The summed E-state index contributed by atoms with van der Waals surface area (Å²) in [5.41, 5.74) is 5.58. The van der Waals surface area contributed by atoms with Crippen LogP contribution in [0, 0.1) is 0 Å². The smallest absolute Gasteiger partial charge is 0.342 e. The summed E-state index contributed by atoms with van der Waals surface area (Å²) in [5, 5.41) is 9.35. The minimum absolute atomic E-state index is 0.00750. The van der Waals surface area contributed by atoms with Gasteiger partial charge in [0, 0.05) is 5.92 Å². The van der Waals surface area contributed by atoms with Crippen molar-refractivity contribution < 1.29 is 9.90 Å². The number of aromatic carboxylic acids is 1. The Morgan fingerprint density at radius 2 is 2.07 bits per heavy atom. The summed E-state index contributed by atoms with van der Waals surface area (Å²) in [6.07, 6.45) is 1.76. The lowest BCUT2D eigenvalue weighted by Gasteiger charge is -2.09. The molecule has 0 saturated heterocycles. The predicted molar refractivity (Wildman–Crippen MR) is 59.3 cm³/mol. The second-order valence-corrected chi connectivity index (χ2v) is 4.11. The maximum Gasteiger partial charge on any atom is 0.342 e. The fourth-order valence-electron chi connectivity index (χ4n) is 1.08. The molecule has 0 saturated carbocycles. The SMILES string of the molecule is CSc1nc(C(C)C)nc(N)c1C(=O)O. The number of carboxylic acids is 1. The van der Waals surface area contributed by atoms with E-state index in [1.165, 1.54) is 11.8 Å². The molecule has 0 unspecified atom stereocenters. The van der Waals surface area contributed by atoms with Gasteiger partial charge in [-0.05, 0) is 6.26 Å². The second kappa shape index (κ2) is 4.48. The summed E-state index contributed by atoms with van der Waals surface area (Å²) in [7, 11) is 0. The zero-order valence-corrected chi connectivity index (χ0v) is 9.63. The maximum atomic E-state index is 10.9. The van der Waals surface area contributed by atoms with Crippen molar-refractivity contribution in [2.75, 3.05) is 12.0 Å². The van der Waals surface area contributed by atoms with Crippen LogP contribution >= 0.6 is 11.8 Å². The van der Waals surface area contributed by atoms with Gasteiger partial charge in [-0.1, -0.05) is 13.8 Å². The Morgan fingerprint density at radius 3 is 2.47 bits per heavy atom. The fraction of sp³-hybridized carbons (Fsp3) is 0.444. The van der Waals surface area contributed by atoms with Crippen LogP contribution in [0.25, 0.3) is 0 Å². The van der Waals surface area contributed by atoms with Crippen molar-refractivity contribution in [1.82, 2.24) is 9.97 Å². The number of anilines is 1. The van der Waals surface area contributed by atoms with Gasteiger partial charge in [0.2, 0.25) is 0 Å². The van der Waals surface area contributed by atoms with Crippen LogP contribution in [0.4, 0.5) is 5.82 Å². The van der Waals surface area contributed by atoms with Crippen molar-refractivity contribution in [2.45, 2.75) is 24.8 Å². The molecule has 0 radical (unpaired) electrons. The lowest BCUT2D eigenvalue weighted by Crippen LogP contribution is -2.11. The molecule has 1 aromatic heterocycles. The number of carboxylic acid groups (broad SMARTS) is 1. The Morgan fingerprint density at radius 1 is 1.47 bits per heavy atom. The number of thioether (sulfide) groups is 1. The quantitative estimate of drug-likeness (QED) is 0.602. The largest absolute Gasteiger partial charge is 0.477 e. The van der Waals surface area contributed by atoms with Crippen LogP contribution in [0.1, 0.15) is 35.9 Å². The lowest BCUT2D eigenvalue weighted by molar-refractivity contribution is 0.0693. The summed E-state index contributed by atoms with van der Waals surface area (Å²) in [6, 6.07) is 0. The maximum absolute atomic E-state index is 10.9. The van der Waals surface area contributed by atoms with E-state index in [1.807, 2.05) is 13.8 Å². The summed E-state index contributed by atoms with van der Waals surface area (Å²) in [4.78, 5) is 19.0. The number of hydrogen-bond acceptors (Lipinski definition) is 5. The molecule has 0 aliphatic rings. The Bertz CT molecular complexity index is 393. The summed E-state index contributed by atoms with van der Waals surface area (Å²) in [6.45, 7) is 3.86. The molecule has 0 atom stereocenters. The van der Waals surface area contributed by atoms with Gasteiger partial charge in [0.15, 0.2) is 0 Å². The molecule has 3 N–H and O–H groups in total. The van der Waals surface area contributed by atoms with Gasteiger partial charge in [0.25, 0.3) is 0 Å². The average molecular weight is 227 g/mol. The molecule has 82 valence electrons. The highest BCUT2D eigenvalue weighted by molar-refractivity contribution is 7.98. The van der Waals surface area contributed by atoms with E-state index in [9.17, 15) is 4.79 Å². The molecule has 0 bridgehead atoms. The second-order valence-electron chi connectivity index (χ2n) is 3.31. The molecule has 1 heterocycles. The predicted octanol–water partition coefficient (Wildman–Crippen LogP) is 1.60. The van der Waals surface area contributed by atoms with Crippen molar-refractivity contribution in [2.24, 2.45) is 0 Å². The molecule has 6 heteroatoms. The van der Waals surface area contributed by atoms with Gasteiger partial charge in [-0.2, -0.15) is 0 Å². The zero-order chi connectivity index (χ0) is 11.6. The number of nitrogen functional groups attached to an aromatic ring is 1. The van der Waals surface area contributed by atoms with Crippen LogP contribution in [-0.2, 0) is 0 Å². The first kappa shape index (κ1) is 11.8. The molecule has 0 amide bonds. The standard InChI is InChI=1S/C9H13N3O2S/c1-4(2)7-11-6(10)5(9(13)14)8(12-7)15-3/h4H,1-3H3,(H,13,14)(H2,10,11,12). The van der Waals surface area contributed by atoms with Gasteiger partial charge in [0.1, 0.15) is 22.2 Å². The van der Waals surface area contributed by atoms with Crippen LogP contribution in [0.5, 0.6) is 0 Å². The third-order valence-corrected chi connectivity index (χ3v) is 2.53. The van der Waals surface area contributed by atoms with Crippen LogP contribution < -0.4 is 5.73 Å². The first-order valence-corrected chi connectivity index (χ1v) is 5.64. The number of rotatable bonds is 3. The monoisotopic (exact) mass is 227 g/mol. The van der Waals surface area contributed by atoms with Gasteiger partial charge in [-0.3, -0.25) is 0 Å². The Balaban J connectivity index is 3.37. The number of carbonyl (C=O) groups is 1. The number of nitrogens with two attached hydrogens (primary N) is 1. The van der Waals surface area contributed by atoms with Crippen LogP contribution in [0.15, 0.2) is 5.03 Å². The molecule has 0 spiro atoms. The van der Waals surface area contributed by atoms with E-state index in [4.69, 9.17) is 10.8 Å². The summed E-state index contributed by atoms with van der Waals surface area (Å²) < 4.78 is 0. The van der Waals surface area contributed by atoms with Crippen molar-refractivity contribution in [1.29, 1.82) is 0 Å². The Hall–Kier alpha value is -1.30. The topological polar surface area (TPSA) is 89.1 Å². The number of nitrogens with zero attached hydrogens (tertiary/aromatic N) is 2. The molecule has 1 rings (SSSR count). The number of aromatic nitrogens is 2. The molecule has 0 aliphatic carbocycles. The summed E-state index contributed by atoms with van der Waals surface area (Å²) >= 11 is 1.26. The van der Waals surface area contributed by atoms with Crippen molar-refractivity contribution in [3.8, 4) is 0 Å². The van der Waals surface area contributed by atoms with Gasteiger partial charge in [0.05, 0.1) is 0 Å². The van der Waals surface area contributed by atoms with E-state index in [-0.39, 0.29) is 17.3 Å². The van der Waals surface area contributed by atoms with Crippen molar-refractivity contribution >= 4 is 23.5 Å². The van der Waals surface area contributed by atoms with E-state index >= 15 is 0 Å². The Kier molecular flexibility index (Phi) is 3.52. The van der Waals surface area contributed by atoms with E-state index in [2.05, 4.69) is 9.97 Å². The molecule has 15 heavy (non-hydrogen) atoms. The number of hydrogen-bond donors (Lipinski definition) is 2. The molecule has 0 aromatic carbocycles. The summed E-state index contributed by atoms with van der Waals surface area (Å²) in [5.74, 6) is -0.361. The van der Waals surface area contributed by atoms with E-state index in [0.29, 0.717) is 10.9 Å². The fourth-order valence-corrected chi connectivity index (χ4v) is 1.66. The van der Waals surface area contributed by atoms with Crippen molar-refractivity contribution in [3.63, 3.8) is 0 Å². The molecule has 0 aliphatic heterocycles. The van der Waals surface area contributed by atoms with Gasteiger partial charge >= 0.3 is 5.97 Å². The van der Waals surface area contributed by atoms with Crippen LogP contribution in [0.2, 0.25) is 0 Å². The average Bonchev–Trinajstić information content (AvgIpc) is 2.15. The Labute approximate surface area is 92.1 Å². The normalized spacial score (nSPS) is 10.7.